The number of benzene rings is 2. The Morgan fingerprint density at radius 3 is 2.77 bits per heavy atom. The van der Waals surface area contributed by atoms with E-state index in [-0.39, 0.29) is 5.96 Å². The first-order valence-corrected chi connectivity index (χ1v) is 8.44. The maximum absolute atomic E-state index is 12.2. The fourth-order valence-electron chi connectivity index (χ4n) is 3.33. The van der Waals surface area contributed by atoms with Crippen LogP contribution < -0.4 is 11.5 Å². The number of allylic oxidation sites excluding steroid dienone is 1. The maximum atomic E-state index is 12.2. The smallest absolute Gasteiger partial charge is 0.280 e. The molecule has 0 saturated carbocycles. The molecule has 0 saturated heterocycles. The molecule has 5 nitrogen and oxygen atoms in total. The highest BCUT2D eigenvalue weighted by atomic mass is 16.1. The Morgan fingerprint density at radius 2 is 1.92 bits per heavy atom. The molecule has 1 heterocycles. The third-order valence-corrected chi connectivity index (χ3v) is 4.54. The van der Waals surface area contributed by atoms with E-state index in [9.17, 15) is 4.79 Å². The Labute approximate surface area is 151 Å². The van der Waals surface area contributed by atoms with Gasteiger partial charge in [0.25, 0.3) is 5.91 Å². The van der Waals surface area contributed by atoms with Crippen molar-refractivity contribution in [2.45, 2.75) is 12.8 Å². The summed E-state index contributed by atoms with van der Waals surface area (Å²) in [5, 5.41) is 1.09. The van der Waals surface area contributed by atoms with E-state index in [4.69, 9.17) is 11.5 Å². The van der Waals surface area contributed by atoms with Crippen LogP contribution in [-0.2, 0) is 6.42 Å². The summed E-state index contributed by atoms with van der Waals surface area (Å²) < 4.78 is 0. The van der Waals surface area contributed by atoms with Gasteiger partial charge in [-0.1, -0.05) is 30.3 Å². The topological polar surface area (TPSA) is 94.4 Å². The number of aryl methyl sites for hydroxylation is 1. The quantitative estimate of drug-likeness (QED) is 0.553. The standard InChI is InChI=1S/C21H18N4O/c22-21(23)25-20(26)15-9-8-13-5-3-6-17(18(13)11-15)16-10-14-4-1-2-7-19(14)24-12-16/h1-2,4,6-12H,3,5H2,(H4,22,23,25,26). The summed E-state index contributed by atoms with van der Waals surface area (Å²) in [4.78, 5) is 20.4. The second kappa shape index (κ2) is 6.44. The van der Waals surface area contributed by atoms with E-state index in [2.05, 4.69) is 28.2 Å². The van der Waals surface area contributed by atoms with Crippen molar-refractivity contribution in [3.05, 3.63) is 83.1 Å². The van der Waals surface area contributed by atoms with Crippen LogP contribution in [0.25, 0.3) is 16.5 Å². The van der Waals surface area contributed by atoms with Crippen LogP contribution in [0.2, 0.25) is 0 Å². The van der Waals surface area contributed by atoms with Crippen LogP contribution in [-0.4, -0.2) is 16.9 Å². The predicted molar refractivity (Wildman–Crippen MR) is 104 cm³/mol. The van der Waals surface area contributed by atoms with Crippen LogP contribution >= 0.6 is 0 Å². The molecule has 0 bridgehead atoms. The van der Waals surface area contributed by atoms with Crippen LogP contribution in [0.15, 0.2) is 65.8 Å². The number of pyridine rings is 1. The Kier molecular flexibility index (Phi) is 3.97. The Morgan fingerprint density at radius 1 is 1.08 bits per heavy atom. The van der Waals surface area contributed by atoms with Gasteiger partial charge in [-0.3, -0.25) is 9.78 Å². The molecule has 3 aromatic rings. The third kappa shape index (κ3) is 2.95. The monoisotopic (exact) mass is 342 g/mol. The van der Waals surface area contributed by atoms with Gasteiger partial charge in [-0.05, 0) is 53.8 Å². The minimum Gasteiger partial charge on any atom is -0.370 e. The fraction of sp³-hybridized carbons (Fsp3) is 0.0952. The summed E-state index contributed by atoms with van der Waals surface area (Å²) >= 11 is 0. The SMILES string of the molecule is NC(N)=NC(=O)c1ccc2c(c1)C(c1cnc3ccccc3c1)=CCC2. The molecule has 2 aromatic carbocycles. The average molecular weight is 342 g/mol. The lowest BCUT2D eigenvalue weighted by atomic mass is 9.86. The molecule has 4 N–H and O–H groups in total. The minimum atomic E-state index is -0.436. The molecule has 26 heavy (non-hydrogen) atoms. The Balaban J connectivity index is 1.80. The fourth-order valence-corrected chi connectivity index (χ4v) is 3.33. The summed E-state index contributed by atoms with van der Waals surface area (Å²) in [6, 6.07) is 15.8. The van der Waals surface area contributed by atoms with E-state index in [1.807, 2.05) is 36.5 Å². The minimum absolute atomic E-state index is 0.234. The van der Waals surface area contributed by atoms with Gasteiger partial charge in [0.05, 0.1) is 5.52 Å². The van der Waals surface area contributed by atoms with Crippen molar-refractivity contribution in [3.8, 4) is 0 Å². The number of nitrogens with two attached hydrogens (primary N) is 2. The molecule has 1 aliphatic rings. The number of hydrogen-bond acceptors (Lipinski definition) is 2. The van der Waals surface area contributed by atoms with Crippen LogP contribution in [0.5, 0.6) is 0 Å². The normalized spacial score (nSPS) is 13.0. The van der Waals surface area contributed by atoms with Crippen LogP contribution in [0.1, 0.15) is 33.5 Å². The van der Waals surface area contributed by atoms with Gasteiger partial charge < -0.3 is 11.5 Å². The van der Waals surface area contributed by atoms with Gasteiger partial charge in [0.2, 0.25) is 0 Å². The molecule has 0 fully saturated rings. The van der Waals surface area contributed by atoms with Crippen LogP contribution in [0.3, 0.4) is 0 Å². The molecule has 1 aromatic heterocycles. The van der Waals surface area contributed by atoms with Crippen molar-refractivity contribution >= 4 is 28.3 Å². The predicted octanol–water partition coefficient (Wildman–Crippen LogP) is 3.03. The highest BCUT2D eigenvalue weighted by Crippen LogP contribution is 2.33. The average Bonchev–Trinajstić information content (AvgIpc) is 2.66. The summed E-state index contributed by atoms with van der Waals surface area (Å²) in [6.45, 7) is 0. The lowest BCUT2D eigenvalue weighted by Crippen LogP contribution is -2.24. The number of aliphatic imine (C=N–C) groups is 1. The molecule has 128 valence electrons. The Hall–Kier alpha value is -3.47. The number of carbonyl (C=O) groups is 1. The summed E-state index contributed by atoms with van der Waals surface area (Å²) in [5.41, 5.74) is 16.5. The number of para-hydroxylation sites is 1. The lowest BCUT2D eigenvalue weighted by Gasteiger charge is -2.19. The summed E-state index contributed by atoms with van der Waals surface area (Å²) in [5.74, 6) is -0.670. The molecule has 4 rings (SSSR count). The van der Waals surface area contributed by atoms with E-state index < -0.39 is 5.91 Å². The molecule has 1 amide bonds. The van der Waals surface area contributed by atoms with E-state index in [0.29, 0.717) is 5.56 Å². The largest absolute Gasteiger partial charge is 0.370 e. The van der Waals surface area contributed by atoms with E-state index in [1.165, 1.54) is 5.56 Å². The van der Waals surface area contributed by atoms with Gasteiger partial charge in [0.15, 0.2) is 5.96 Å². The zero-order valence-electron chi connectivity index (χ0n) is 14.1. The maximum Gasteiger partial charge on any atom is 0.280 e. The third-order valence-electron chi connectivity index (χ3n) is 4.54. The van der Waals surface area contributed by atoms with Crippen LogP contribution in [0, 0.1) is 0 Å². The van der Waals surface area contributed by atoms with Crippen molar-refractivity contribution in [2.75, 3.05) is 0 Å². The second-order valence-corrected chi connectivity index (χ2v) is 6.29. The van der Waals surface area contributed by atoms with Gasteiger partial charge in [-0.25, -0.2) is 0 Å². The molecule has 0 atom stereocenters. The molecule has 0 unspecified atom stereocenters. The summed E-state index contributed by atoms with van der Waals surface area (Å²) in [6.07, 6.45) is 5.98. The lowest BCUT2D eigenvalue weighted by molar-refractivity contribution is 0.100. The van der Waals surface area contributed by atoms with Gasteiger partial charge in [0.1, 0.15) is 0 Å². The number of nitrogens with zero attached hydrogens (tertiary/aromatic N) is 2. The van der Waals surface area contributed by atoms with Crippen molar-refractivity contribution in [3.63, 3.8) is 0 Å². The number of aromatic nitrogens is 1. The Bertz CT molecular complexity index is 1080. The first-order valence-electron chi connectivity index (χ1n) is 8.44. The molecule has 0 radical (unpaired) electrons. The highest BCUT2D eigenvalue weighted by molar-refractivity contribution is 6.03. The number of rotatable bonds is 2. The first kappa shape index (κ1) is 16.0. The molecule has 0 aliphatic heterocycles. The first-order chi connectivity index (χ1) is 12.6. The van der Waals surface area contributed by atoms with Gasteiger partial charge in [-0.2, -0.15) is 4.99 Å². The highest BCUT2D eigenvalue weighted by Gasteiger charge is 2.17. The number of carbonyl (C=O) groups excluding carboxylic acids is 1. The molecule has 0 spiro atoms. The van der Waals surface area contributed by atoms with Gasteiger partial charge in [0, 0.05) is 22.7 Å². The van der Waals surface area contributed by atoms with Crippen molar-refractivity contribution in [1.82, 2.24) is 4.98 Å². The molecular weight excluding hydrogens is 324 g/mol. The molecular formula is C21H18N4O. The zero-order chi connectivity index (χ0) is 18.1. The molecule has 5 heteroatoms. The van der Waals surface area contributed by atoms with Crippen molar-refractivity contribution in [2.24, 2.45) is 16.5 Å². The van der Waals surface area contributed by atoms with Gasteiger partial charge >= 0.3 is 0 Å². The number of amides is 1. The van der Waals surface area contributed by atoms with Crippen molar-refractivity contribution < 1.29 is 4.79 Å². The van der Waals surface area contributed by atoms with E-state index in [1.54, 1.807) is 6.07 Å². The van der Waals surface area contributed by atoms with Gasteiger partial charge in [-0.15, -0.1) is 0 Å². The van der Waals surface area contributed by atoms with Crippen LogP contribution in [0.4, 0.5) is 0 Å². The molecule has 1 aliphatic carbocycles. The van der Waals surface area contributed by atoms with Crippen molar-refractivity contribution in [1.29, 1.82) is 0 Å². The number of guanidine groups is 1. The van der Waals surface area contributed by atoms with E-state index in [0.717, 1.165) is 40.4 Å². The zero-order valence-corrected chi connectivity index (χ0v) is 14.1. The van der Waals surface area contributed by atoms with E-state index >= 15 is 0 Å². The summed E-state index contributed by atoms with van der Waals surface area (Å²) in [7, 11) is 0. The number of fused-ring (bicyclic) bond motifs is 2. The second-order valence-electron chi connectivity index (χ2n) is 6.29. The number of hydrogen-bond donors (Lipinski definition) is 2.